The molecule has 3 aromatic rings. The minimum Gasteiger partial charge on any atom is -0.497 e. The predicted molar refractivity (Wildman–Crippen MR) is 129 cm³/mol. The van der Waals surface area contributed by atoms with Gasteiger partial charge in [-0.05, 0) is 48.5 Å². The number of ether oxygens (including phenoxy) is 2. The number of amides is 1. The van der Waals surface area contributed by atoms with E-state index in [1.165, 1.54) is 43.5 Å². The molecule has 38 heavy (non-hydrogen) atoms. The number of hydrogen-bond donors (Lipinski definition) is 2. The van der Waals surface area contributed by atoms with Crippen LogP contribution in [0.5, 0.6) is 11.5 Å². The van der Waals surface area contributed by atoms with Gasteiger partial charge in [0.25, 0.3) is 5.91 Å². The number of nitrogens with zero attached hydrogens (tertiary/aromatic N) is 1. The summed E-state index contributed by atoms with van der Waals surface area (Å²) in [5.74, 6) is -3.43. The van der Waals surface area contributed by atoms with Gasteiger partial charge in [0.15, 0.2) is 5.78 Å². The second-order valence-corrected chi connectivity index (χ2v) is 7.71. The Morgan fingerprint density at radius 1 is 0.868 bits per heavy atom. The highest BCUT2D eigenvalue weighted by molar-refractivity contribution is 6.09. The highest BCUT2D eigenvalue weighted by Crippen LogP contribution is 2.20. The number of amidine groups is 1. The molecular formula is C26H22F3N3O6. The number of nitrogens with one attached hydrogen (secondary N) is 1. The smallest absolute Gasteiger partial charge is 0.493 e. The SMILES string of the molecule is COc1ccc(C(=O)c2ccc(C(=O)N(CCOc3cccc(C(=N)N)c3)OC(=O)C(F)(F)F)cc2)cc1. The summed E-state index contributed by atoms with van der Waals surface area (Å²) in [6, 6.07) is 17.5. The summed E-state index contributed by atoms with van der Waals surface area (Å²) in [6.07, 6.45) is -5.34. The maximum atomic E-state index is 12.9. The lowest BCUT2D eigenvalue weighted by atomic mass is 10.0. The summed E-state index contributed by atoms with van der Waals surface area (Å²) >= 11 is 0. The van der Waals surface area contributed by atoms with Crippen LogP contribution in [0.4, 0.5) is 13.2 Å². The molecule has 198 valence electrons. The van der Waals surface area contributed by atoms with Crippen molar-refractivity contribution in [2.75, 3.05) is 20.3 Å². The van der Waals surface area contributed by atoms with E-state index in [4.69, 9.17) is 20.6 Å². The first kappa shape index (κ1) is 27.7. The van der Waals surface area contributed by atoms with Gasteiger partial charge < -0.3 is 20.0 Å². The van der Waals surface area contributed by atoms with Crippen LogP contribution in [0.15, 0.2) is 72.8 Å². The van der Waals surface area contributed by atoms with Crippen molar-refractivity contribution in [1.29, 1.82) is 5.41 Å². The zero-order valence-corrected chi connectivity index (χ0v) is 20.0. The fraction of sp³-hybridized carbons (Fsp3) is 0.154. The zero-order chi connectivity index (χ0) is 27.9. The molecular weight excluding hydrogens is 507 g/mol. The lowest BCUT2D eigenvalue weighted by Crippen LogP contribution is -2.40. The number of nitrogen functional groups attached to an aromatic ring is 1. The molecule has 0 unspecified atom stereocenters. The summed E-state index contributed by atoms with van der Waals surface area (Å²) in [5, 5.41) is 7.68. The predicted octanol–water partition coefficient (Wildman–Crippen LogP) is 3.75. The van der Waals surface area contributed by atoms with Gasteiger partial charge in [0.05, 0.1) is 13.7 Å². The van der Waals surface area contributed by atoms with Gasteiger partial charge >= 0.3 is 12.1 Å². The number of nitrogens with two attached hydrogens (primary N) is 1. The van der Waals surface area contributed by atoms with Gasteiger partial charge in [0.2, 0.25) is 0 Å². The van der Waals surface area contributed by atoms with Gasteiger partial charge in [-0.25, -0.2) is 4.79 Å². The molecule has 3 aromatic carbocycles. The Hall–Kier alpha value is -4.87. The van der Waals surface area contributed by atoms with Crippen LogP contribution >= 0.6 is 0 Å². The van der Waals surface area contributed by atoms with E-state index in [2.05, 4.69) is 4.84 Å². The quantitative estimate of drug-likeness (QED) is 0.187. The molecule has 0 atom stereocenters. The summed E-state index contributed by atoms with van der Waals surface area (Å²) < 4.78 is 48.9. The van der Waals surface area contributed by atoms with Crippen LogP contribution in [-0.2, 0) is 9.63 Å². The summed E-state index contributed by atoms with van der Waals surface area (Å²) in [6.45, 7) is -0.913. The minimum atomic E-state index is -5.34. The van der Waals surface area contributed by atoms with E-state index in [-0.39, 0.29) is 40.2 Å². The number of benzene rings is 3. The second-order valence-electron chi connectivity index (χ2n) is 7.71. The van der Waals surface area contributed by atoms with Crippen LogP contribution < -0.4 is 15.2 Å². The van der Waals surface area contributed by atoms with Crippen LogP contribution in [0.2, 0.25) is 0 Å². The molecule has 0 aliphatic rings. The molecule has 0 aromatic heterocycles. The van der Waals surface area contributed by atoms with Crippen molar-refractivity contribution >= 4 is 23.5 Å². The summed E-state index contributed by atoms with van der Waals surface area (Å²) in [7, 11) is 1.49. The first-order valence-corrected chi connectivity index (χ1v) is 11.0. The Labute approximate surface area is 215 Å². The molecule has 0 spiro atoms. The van der Waals surface area contributed by atoms with Crippen LogP contribution in [0, 0.1) is 5.41 Å². The largest absolute Gasteiger partial charge is 0.497 e. The van der Waals surface area contributed by atoms with E-state index >= 15 is 0 Å². The summed E-state index contributed by atoms with van der Waals surface area (Å²) in [5.41, 5.74) is 6.21. The van der Waals surface area contributed by atoms with Crippen molar-refractivity contribution in [2.24, 2.45) is 5.73 Å². The molecule has 3 rings (SSSR count). The Morgan fingerprint density at radius 3 is 2.00 bits per heavy atom. The van der Waals surface area contributed by atoms with Gasteiger partial charge in [0, 0.05) is 22.3 Å². The monoisotopic (exact) mass is 529 g/mol. The van der Waals surface area contributed by atoms with Crippen molar-refractivity contribution in [3.05, 3.63) is 95.1 Å². The number of alkyl halides is 3. The highest BCUT2D eigenvalue weighted by Gasteiger charge is 2.43. The van der Waals surface area contributed by atoms with Crippen molar-refractivity contribution in [1.82, 2.24) is 5.06 Å². The second kappa shape index (κ2) is 11.9. The van der Waals surface area contributed by atoms with Gasteiger partial charge in [0.1, 0.15) is 23.9 Å². The van der Waals surface area contributed by atoms with Crippen molar-refractivity contribution < 1.29 is 41.9 Å². The molecule has 0 saturated carbocycles. The normalized spacial score (nSPS) is 10.8. The number of carbonyl (C=O) groups excluding carboxylic acids is 3. The molecule has 0 fully saturated rings. The summed E-state index contributed by atoms with van der Waals surface area (Å²) in [4.78, 5) is 41.3. The topological polar surface area (TPSA) is 132 Å². The van der Waals surface area contributed by atoms with Crippen molar-refractivity contribution in [3.8, 4) is 11.5 Å². The van der Waals surface area contributed by atoms with E-state index in [0.29, 0.717) is 16.9 Å². The van der Waals surface area contributed by atoms with E-state index in [1.807, 2.05) is 0 Å². The number of ketones is 1. The van der Waals surface area contributed by atoms with Crippen molar-refractivity contribution in [3.63, 3.8) is 0 Å². The van der Waals surface area contributed by atoms with E-state index in [9.17, 15) is 27.6 Å². The van der Waals surface area contributed by atoms with E-state index in [1.54, 1.807) is 36.4 Å². The number of halogens is 3. The minimum absolute atomic E-state index is 0.134. The number of rotatable bonds is 9. The zero-order valence-electron chi connectivity index (χ0n) is 20.0. The van der Waals surface area contributed by atoms with Gasteiger partial charge in [-0.2, -0.15) is 18.2 Å². The third kappa shape index (κ3) is 7.09. The Balaban J connectivity index is 1.74. The van der Waals surface area contributed by atoms with Gasteiger partial charge in [-0.1, -0.05) is 24.3 Å². The van der Waals surface area contributed by atoms with Crippen LogP contribution in [0.3, 0.4) is 0 Å². The maximum Gasteiger partial charge on any atom is 0.493 e. The van der Waals surface area contributed by atoms with E-state index < -0.39 is 24.6 Å². The first-order chi connectivity index (χ1) is 18.0. The van der Waals surface area contributed by atoms with Gasteiger partial charge in [-0.15, -0.1) is 0 Å². The van der Waals surface area contributed by atoms with Crippen LogP contribution in [0.25, 0.3) is 0 Å². The fourth-order valence-electron chi connectivity index (χ4n) is 3.16. The highest BCUT2D eigenvalue weighted by atomic mass is 19.4. The number of methoxy groups -OCH3 is 1. The van der Waals surface area contributed by atoms with Crippen molar-refractivity contribution in [2.45, 2.75) is 6.18 Å². The third-order valence-electron chi connectivity index (χ3n) is 5.11. The lowest BCUT2D eigenvalue weighted by Gasteiger charge is -2.22. The average molecular weight is 529 g/mol. The Bertz CT molecular complexity index is 1330. The molecule has 0 aliphatic carbocycles. The molecule has 12 heteroatoms. The molecule has 0 saturated heterocycles. The van der Waals surface area contributed by atoms with Crippen LogP contribution in [0.1, 0.15) is 31.8 Å². The molecule has 1 amide bonds. The molecule has 0 aliphatic heterocycles. The molecule has 9 nitrogen and oxygen atoms in total. The number of hydrogen-bond acceptors (Lipinski definition) is 7. The fourth-order valence-corrected chi connectivity index (χ4v) is 3.16. The van der Waals surface area contributed by atoms with Gasteiger partial charge in [-0.3, -0.25) is 15.0 Å². The molecule has 0 heterocycles. The maximum absolute atomic E-state index is 12.9. The number of hydroxylamine groups is 2. The standard InChI is InChI=1S/C26H22F3N3O6/c1-36-20-11-9-17(10-12-20)22(33)16-5-7-18(8-6-16)24(34)32(38-25(35)26(27,28)29)13-14-37-21-4-2-3-19(15-21)23(30)31/h2-12,15H,13-14H2,1H3,(H3,30,31). The average Bonchev–Trinajstić information content (AvgIpc) is 2.91. The third-order valence-corrected chi connectivity index (χ3v) is 5.11. The Kier molecular flexibility index (Phi) is 8.69. The Morgan fingerprint density at radius 2 is 1.45 bits per heavy atom. The molecule has 0 radical (unpaired) electrons. The lowest BCUT2D eigenvalue weighted by molar-refractivity contribution is -0.229. The first-order valence-electron chi connectivity index (χ1n) is 11.0. The van der Waals surface area contributed by atoms with E-state index in [0.717, 1.165) is 0 Å². The molecule has 3 N–H and O–H groups in total. The molecule has 0 bridgehead atoms. The van der Waals surface area contributed by atoms with Crippen LogP contribution in [-0.4, -0.2) is 55.0 Å². The number of carbonyl (C=O) groups is 3.